The molecule has 18 heavy (non-hydrogen) atoms. The van der Waals surface area contributed by atoms with E-state index in [4.69, 9.17) is 0 Å². The summed E-state index contributed by atoms with van der Waals surface area (Å²) in [6.45, 7) is 1.21. The van der Waals surface area contributed by atoms with Crippen LogP contribution in [0.15, 0.2) is 12.4 Å². The van der Waals surface area contributed by atoms with Crippen LogP contribution in [0.2, 0.25) is 0 Å². The van der Waals surface area contributed by atoms with Crippen LogP contribution in [0.3, 0.4) is 0 Å². The van der Waals surface area contributed by atoms with Crippen LogP contribution < -0.4 is 10.6 Å². The maximum absolute atomic E-state index is 4.24. The molecule has 4 nitrogen and oxygen atoms in total. The van der Waals surface area contributed by atoms with Crippen molar-refractivity contribution in [3.05, 3.63) is 12.4 Å². The fourth-order valence-corrected chi connectivity index (χ4v) is 3.61. The molecule has 1 aliphatic heterocycles. The van der Waals surface area contributed by atoms with E-state index in [2.05, 4.69) is 21.9 Å². The average molecular weight is 248 g/mol. The van der Waals surface area contributed by atoms with E-state index in [0.717, 1.165) is 12.0 Å². The van der Waals surface area contributed by atoms with E-state index in [1.807, 2.05) is 17.9 Å². The molecule has 0 spiro atoms. The van der Waals surface area contributed by atoms with Crippen LogP contribution in [0.5, 0.6) is 0 Å². The van der Waals surface area contributed by atoms with E-state index >= 15 is 0 Å². The predicted molar refractivity (Wildman–Crippen MR) is 73.6 cm³/mol. The van der Waals surface area contributed by atoms with Crippen LogP contribution in [0.1, 0.15) is 38.5 Å². The molecule has 2 fully saturated rings. The largest absolute Gasteiger partial charge is 0.379 e. The van der Waals surface area contributed by atoms with Crippen molar-refractivity contribution in [2.24, 2.45) is 13.0 Å². The number of nitrogens with one attached hydrogen (secondary N) is 2. The zero-order chi connectivity index (χ0) is 12.4. The van der Waals surface area contributed by atoms with Gasteiger partial charge in [-0.2, -0.15) is 5.10 Å². The van der Waals surface area contributed by atoms with Crippen LogP contribution in [-0.4, -0.2) is 28.4 Å². The van der Waals surface area contributed by atoms with Gasteiger partial charge in [-0.1, -0.05) is 12.8 Å². The van der Waals surface area contributed by atoms with Gasteiger partial charge in [-0.15, -0.1) is 0 Å². The molecule has 0 aromatic carbocycles. The number of anilines is 1. The Morgan fingerprint density at radius 3 is 2.89 bits per heavy atom. The molecule has 2 N–H and O–H groups in total. The third kappa shape index (κ3) is 2.53. The van der Waals surface area contributed by atoms with E-state index in [9.17, 15) is 0 Å². The van der Waals surface area contributed by atoms with Crippen molar-refractivity contribution in [3.8, 4) is 0 Å². The number of hydrogen-bond acceptors (Lipinski definition) is 3. The van der Waals surface area contributed by atoms with Crippen LogP contribution in [0.4, 0.5) is 5.69 Å². The molecule has 0 amide bonds. The monoisotopic (exact) mass is 248 g/mol. The molecule has 0 radical (unpaired) electrons. The number of aryl methyl sites for hydroxylation is 1. The van der Waals surface area contributed by atoms with Crippen LogP contribution in [-0.2, 0) is 7.05 Å². The molecule has 3 atom stereocenters. The summed E-state index contributed by atoms with van der Waals surface area (Å²) in [5.74, 6) is 0.793. The number of aromatic nitrogens is 2. The first-order chi connectivity index (χ1) is 8.83. The molecule has 1 aromatic heterocycles. The van der Waals surface area contributed by atoms with Gasteiger partial charge in [0.05, 0.1) is 11.9 Å². The second-order valence-electron chi connectivity index (χ2n) is 5.80. The van der Waals surface area contributed by atoms with Crippen LogP contribution in [0, 0.1) is 5.92 Å². The fraction of sp³-hybridized carbons (Fsp3) is 0.786. The molecule has 0 bridgehead atoms. The number of hydrogen-bond donors (Lipinski definition) is 2. The summed E-state index contributed by atoms with van der Waals surface area (Å²) in [6, 6.07) is 1.36. The van der Waals surface area contributed by atoms with Crippen molar-refractivity contribution < 1.29 is 0 Å². The molecule has 1 aliphatic carbocycles. The van der Waals surface area contributed by atoms with Crippen molar-refractivity contribution in [1.82, 2.24) is 15.1 Å². The van der Waals surface area contributed by atoms with Gasteiger partial charge in [0, 0.05) is 25.3 Å². The van der Waals surface area contributed by atoms with Crippen molar-refractivity contribution in [2.45, 2.75) is 50.6 Å². The molecule has 3 rings (SSSR count). The van der Waals surface area contributed by atoms with Crippen LogP contribution >= 0.6 is 0 Å². The maximum atomic E-state index is 4.24. The van der Waals surface area contributed by atoms with E-state index < -0.39 is 0 Å². The Kier molecular flexibility index (Phi) is 3.55. The van der Waals surface area contributed by atoms with Gasteiger partial charge in [0.1, 0.15) is 0 Å². The Labute approximate surface area is 109 Å². The summed E-state index contributed by atoms with van der Waals surface area (Å²) in [7, 11) is 1.97. The fourth-order valence-electron chi connectivity index (χ4n) is 3.61. The second-order valence-corrected chi connectivity index (χ2v) is 5.80. The first-order valence-corrected chi connectivity index (χ1v) is 7.31. The van der Waals surface area contributed by atoms with Gasteiger partial charge in [-0.3, -0.25) is 4.68 Å². The van der Waals surface area contributed by atoms with Gasteiger partial charge >= 0.3 is 0 Å². The normalized spacial score (nSPS) is 32.6. The average Bonchev–Trinajstić information content (AvgIpc) is 3.02. The van der Waals surface area contributed by atoms with E-state index in [1.165, 1.54) is 50.8 Å². The smallest absolute Gasteiger partial charge is 0.0728 e. The lowest BCUT2D eigenvalue weighted by Gasteiger charge is -2.36. The molecule has 3 unspecified atom stereocenters. The molecule has 2 aliphatic rings. The highest BCUT2D eigenvalue weighted by Crippen LogP contribution is 2.32. The molecule has 1 saturated carbocycles. The molecular formula is C14H24N4. The zero-order valence-corrected chi connectivity index (χ0v) is 11.2. The summed E-state index contributed by atoms with van der Waals surface area (Å²) >= 11 is 0. The summed E-state index contributed by atoms with van der Waals surface area (Å²) < 4.78 is 1.87. The Balaban J connectivity index is 1.67. The standard InChI is InChI=1S/C14H24N4/c1-18-10-11(9-16-18)17-14-6-3-2-5-12(14)13-7-4-8-15-13/h9-10,12-15,17H,2-8H2,1H3. The Morgan fingerprint density at radius 1 is 1.28 bits per heavy atom. The molecular weight excluding hydrogens is 224 g/mol. The minimum Gasteiger partial charge on any atom is -0.379 e. The van der Waals surface area contributed by atoms with Crippen LogP contribution in [0.25, 0.3) is 0 Å². The lowest BCUT2D eigenvalue weighted by molar-refractivity contribution is 0.263. The number of rotatable bonds is 3. The quantitative estimate of drug-likeness (QED) is 0.861. The summed E-state index contributed by atoms with van der Waals surface area (Å²) in [5.41, 5.74) is 1.17. The van der Waals surface area contributed by atoms with Crippen molar-refractivity contribution in [2.75, 3.05) is 11.9 Å². The molecule has 2 heterocycles. The highest BCUT2D eigenvalue weighted by Gasteiger charge is 2.33. The van der Waals surface area contributed by atoms with E-state index in [0.29, 0.717) is 6.04 Å². The lowest BCUT2D eigenvalue weighted by Crippen LogP contribution is -2.43. The minimum absolute atomic E-state index is 0.624. The first kappa shape index (κ1) is 12.0. The van der Waals surface area contributed by atoms with Crippen molar-refractivity contribution in [3.63, 3.8) is 0 Å². The highest BCUT2D eigenvalue weighted by atomic mass is 15.3. The van der Waals surface area contributed by atoms with E-state index in [-0.39, 0.29) is 0 Å². The third-order valence-electron chi connectivity index (χ3n) is 4.49. The minimum atomic E-state index is 0.624. The van der Waals surface area contributed by atoms with Gasteiger partial charge < -0.3 is 10.6 Å². The summed E-state index contributed by atoms with van der Waals surface area (Å²) in [4.78, 5) is 0. The van der Waals surface area contributed by atoms with Gasteiger partial charge in [0.15, 0.2) is 0 Å². The van der Waals surface area contributed by atoms with Gasteiger partial charge in [0.25, 0.3) is 0 Å². The molecule has 100 valence electrons. The van der Waals surface area contributed by atoms with Gasteiger partial charge in [-0.05, 0) is 38.1 Å². The summed E-state index contributed by atoms with van der Waals surface area (Å²) in [6.07, 6.45) is 12.2. The lowest BCUT2D eigenvalue weighted by atomic mass is 9.79. The Hall–Kier alpha value is -1.03. The van der Waals surface area contributed by atoms with E-state index in [1.54, 1.807) is 0 Å². The zero-order valence-electron chi connectivity index (χ0n) is 11.2. The topological polar surface area (TPSA) is 41.9 Å². The maximum Gasteiger partial charge on any atom is 0.0728 e. The van der Waals surface area contributed by atoms with Crippen molar-refractivity contribution >= 4 is 5.69 Å². The summed E-state index contributed by atoms with van der Waals surface area (Å²) in [5, 5.41) is 11.6. The molecule has 1 aromatic rings. The van der Waals surface area contributed by atoms with Gasteiger partial charge in [-0.25, -0.2) is 0 Å². The second kappa shape index (κ2) is 5.31. The highest BCUT2D eigenvalue weighted by molar-refractivity contribution is 5.39. The number of nitrogens with zero attached hydrogens (tertiary/aromatic N) is 2. The molecule has 1 saturated heterocycles. The third-order valence-corrected chi connectivity index (χ3v) is 4.49. The predicted octanol–water partition coefficient (Wildman–Crippen LogP) is 2.14. The van der Waals surface area contributed by atoms with Crippen molar-refractivity contribution in [1.29, 1.82) is 0 Å². The molecule has 4 heteroatoms. The first-order valence-electron chi connectivity index (χ1n) is 7.31. The SMILES string of the molecule is Cn1cc(NC2CCCCC2C2CCCN2)cn1. The Bertz CT molecular complexity index is 381. The Morgan fingerprint density at radius 2 is 2.17 bits per heavy atom. The van der Waals surface area contributed by atoms with Gasteiger partial charge in [0.2, 0.25) is 0 Å².